The average molecular weight is 238 g/mol. The summed E-state index contributed by atoms with van der Waals surface area (Å²) in [5.41, 5.74) is 0. The third kappa shape index (κ3) is 4.70. The Balaban J connectivity index is 2.29. The molecular formula is C11H21F3N2. The quantitative estimate of drug-likeness (QED) is 0.791. The van der Waals surface area contributed by atoms with Crippen molar-refractivity contribution in [1.82, 2.24) is 10.2 Å². The van der Waals surface area contributed by atoms with Crippen molar-refractivity contribution in [2.45, 2.75) is 51.4 Å². The van der Waals surface area contributed by atoms with E-state index in [9.17, 15) is 13.2 Å². The van der Waals surface area contributed by atoms with E-state index in [1.165, 1.54) is 0 Å². The second-order valence-corrected chi connectivity index (χ2v) is 4.60. The molecule has 1 N–H and O–H groups in total. The van der Waals surface area contributed by atoms with Gasteiger partial charge in [-0.3, -0.25) is 4.90 Å². The van der Waals surface area contributed by atoms with Crippen molar-refractivity contribution in [3.63, 3.8) is 0 Å². The van der Waals surface area contributed by atoms with Crippen LogP contribution in [0.1, 0.15) is 33.1 Å². The predicted molar refractivity (Wildman–Crippen MR) is 58.4 cm³/mol. The van der Waals surface area contributed by atoms with Gasteiger partial charge in [0.1, 0.15) is 0 Å². The molecule has 0 aromatic rings. The molecule has 0 amide bonds. The Morgan fingerprint density at radius 2 is 2.12 bits per heavy atom. The van der Waals surface area contributed by atoms with Gasteiger partial charge in [0.15, 0.2) is 0 Å². The van der Waals surface area contributed by atoms with Crippen LogP contribution in [0.3, 0.4) is 0 Å². The minimum Gasteiger partial charge on any atom is -0.313 e. The molecule has 1 saturated heterocycles. The molecule has 1 aliphatic rings. The molecular weight excluding hydrogens is 217 g/mol. The summed E-state index contributed by atoms with van der Waals surface area (Å²) in [6.45, 7) is 6.23. The van der Waals surface area contributed by atoms with Crippen LogP contribution in [0.25, 0.3) is 0 Å². The monoisotopic (exact) mass is 238 g/mol. The summed E-state index contributed by atoms with van der Waals surface area (Å²) >= 11 is 0. The van der Waals surface area contributed by atoms with Crippen LogP contribution in [0, 0.1) is 0 Å². The highest BCUT2D eigenvalue weighted by Gasteiger charge is 2.34. The molecule has 0 aromatic carbocycles. The highest BCUT2D eigenvalue weighted by atomic mass is 19.4. The Morgan fingerprint density at radius 3 is 2.69 bits per heavy atom. The predicted octanol–water partition coefficient (Wildman–Crippen LogP) is 2.40. The maximum absolute atomic E-state index is 12.2. The van der Waals surface area contributed by atoms with Gasteiger partial charge in [-0.2, -0.15) is 13.2 Å². The molecule has 2 atom stereocenters. The molecule has 1 fully saturated rings. The summed E-state index contributed by atoms with van der Waals surface area (Å²) in [7, 11) is 0. The Hall–Kier alpha value is -0.290. The van der Waals surface area contributed by atoms with Gasteiger partial charge in [-0.05, 0) is 26.3 Å². The maximum atomic E-state index is 12.2. The van der Waals surface area contributed by atoms with Gasteiger partial charge in [-0.15, -0.1) is 0 Å². The zero-order valence-electron chi connectivity index (χ0n) is 9.98. The first-order valence-electron chi connectivity index (χ1n) is 5.96. The summed E-state index contributed by atoms with van der Waals surface area (Å²) in [6, 6.07) is -0.0240. The number of alkyl halides is 3. The van der Waals surface area contributed by atoms with Crippen LogP contribution in [0.4, 0.5) is 13.2 Å². The van der Waals surface area contributed by atoms with Gasteiger partial charge in [0, 0.05) is 25.2 Å². The molecule has 0 aliphatic carbocycles. The van der Waals surface area contributed by atoms with E-state index in [1.54, 1.807) is 6.92 Å². The van der Waals surface area contributed by atoms with Crippen molar-refractivity contribution >= 4 is 0 Å². The molecule has 0 aromatic heterocycles. The first-order chi connectivity index (χ1) is 7.42. The first kappa shape index (κ1) is 13.8. The number of nitrogens with zero attached hydrogens (tertiary/aromatic N) is 1. The fraction of sp³-hybridized carbons (Fsp3) is 1.00. The molecule has 0 radical (unpaired) electrons. The lowest BCUT2D eigenvalue weighted by molar-refractivity contribution is -0.145. The van der Waals surface area contributed by atoms with E-state index in [2.05, 4.69) is 12.2 Å². The zero-order valence-corrected chi connectivity index (χ0v) is 9.98. The lowest BCUT2D eigenvalue weighted by Gasteiger charge is -2.25. The number of hydrogen-bond donors (Lipinski definition) is 1. The summed E-state index contributed by atoms with van der Waals surface area (Å²) in [5, 5.41) is 3.36. The standard InChI is InChI=1S/C11H21F3N2/c1-3-5-15-10-4-6-16(8-10)9(2)7-11(12,13)14/h9-10,15H,3-8H2,1-2H3. The maximum Gasteiger partial charge on any atom is 0.390 e. The van der Waals surface area contributed by atoms with E-state index in [0.717, 1.165) is 32.5 Å². The topological polar surface area (TPSA) is 15.3 Å². The van der Waals surface area contributed by atoms with Crippen LogP contribution < -0.4 is 5.32 Å². The summed E-state index contributed by atoms with van der Waals surface area (Å²) in [5.74, 6) is 0. The first-order valence-corrected chi connectivity index (χ1v) is 5.96. The molecule has 1 heterocycles. The molecule has 0 saturated carbocycles. The SMILES string of the molecule is CCCNC1CCN(C(C)CC(F)(F)F)C1. The lowest BCUT2D eigenvalue weighted by atomic mass is 10.2. The van der Waals surface area contributed by atoms with Crippen molar-refractivity contribution in [3.8, 4) is 0 Å². The Morgan fingerprint density at radius 1 is 1.44 bits per heavy atom. The third-order valence-corrected chi connectivity index (χ3v) is 3.05. The normalized spacial score (nSPS) is 24.9. The van der Waals surface area contributed by atoms with Crippen LogP contribution in [-0.4, -0.2) is 42.8 Å². The van der Waals surface area contributed by atoms with Crippen molar-refractivity contribution in [2.75, 3.05) is 19.6 Å². The molecule has 1 aliphatic heterocycles. The van der Waals surface area contributed by atoms with Crippen LogP contribution in [0.15, 0.2) is 0 Å². The van der Waals surface area contributed by atoms with Crippen LogP contribution >= 0.6 is 0 Å². The number of nitrogens with one attached hydrogen (secondary N) is 1. The fourth-order valence-corrected chi connectivity index (χ4v) is 2.17. The summed E-state index contributed by atoms with van der Waals surface area (Å²) < 4.78 is 36.7. The Bertz CT molecular complexity index is 206. The van der Waals surface area contributed by atoms with Crippen LogP contribution in [-0.2, 0) is 0 Å². The van der Waals surface area contributed by atoms with E-state index in [1.807, 2.05) is 4.90 Å². The second kappa shape index (κ2) is 5.87. The molecule has 16 heavy (non-hydrogen) atoms. The molecule has 2 unspecified atom stereocenters. The number of halogens is 3. The number of likely N-dealkylation sites (tertiary alicyclic amines) is 1. The van der Waals surface area contributed by atoms with E-state index in [-0.39, 0.29) is 0 Å². The zero-order chi connectivity index (χ0) is 12.2. The molecule has 2 nitrogen and oxygen atoms in total. The van der Waals surface area contributed by atoms with Gasteiger partial charge in [-0.25, -0.2) is 0 Å². The highest BCUT2D eigenvalue weighted by Crippen LogP contribution is 2.25. The molecule has 0 bridgehead atoms. The molecule has 96 valence electrons. The number of hydrogen-bond acceptors (Lipinski definition) is 2. The second-order valence-electron chi connectivity index (χ2n) is 4.60. The molecule has 1 rings (SSSR count). The van der Waals surface area contributed by atoms with E-state index < -0.39 is 18.6 Å². The Labute approximate surface area is 95.2 Å². The van der Waals surface area contributed by atoms with Crippen LogP contribution in [0.2, 0.25) is 0 Å². The molecule has 0 spiro atoms. The van der Waals surface area contributed by atoms with Gasteiger partial charge in [0.05, 0.1) is 6.42 Å². The van der Waals surface area contributed by atoms with Crippen molar-refractivity contribution in [2.24, 2.45) is 0 Å². The fourth-order valence-electron chi connectivity index (χ4n) is 2.17. The van der Waals surface area contributed by atoms with E-state index in [4.69, 9.17) is 0 Å². The van der Waals surface area contributed by atoms with E-state index in [0.29, 0.717) is 6.04 Å². The van der Waals surface area contributed by atoms with Crippen molar-refractivity contribution in [1.29, 1.82) is 0 Å². The Kier molecular flexibility index (Phi) is 5.05. The number of rotatable bonds is 5. The highest BCUT2D eigenvalue weighted by molar-refractivity contribution is 4.84. The van der Waals surface area contributed by atoms with E-state index >= 15 is 0 Å². The van der Waals surface area contributed by atoms with Gasteiger partial charge < -0.3 is 5.32 Å². The smallest absolute Gasteiger partial charge is 0.313 e. The van der Waals surface area contributed by atoms with Gasteiger partial charge in [0.2, 0.25) is 0 Å². The average Bonchev–Trinajstić information content (AvgIpc) is 2.60. The minimum atomic E-state index is -4.05. The lowest BCUT2D eigenvalue weighted by Crippen LogP contribution is -2.38. The summed E-state index contributed by atoms with van der Waals surface area (Å²) in [6.07, 6.45) is -2.72. The molecule has 5 heteroatoms. The minimum absolute atomic E-state index is 0.371. The summed E-state index contributed by atoms with van der Waals surface area (Å²) in [4.78, 5) is 1.93. The largest absolute Gasteiger partial charge is 0.390 e. The van der Waals surface area contributed by atoms with Crippen molar-refractivity contribution in [3.05, 3.63) is 0 Å². The van der Waals surface area contributed by atoms with Gasteiger partial charge in [0.25, 0.3) is 0 Å². The van der Waals surface area contributed by atoms with Gasteiger partial charge in [-0.1, -0.05) is 6.92 Å². The van der Waals surface area contributed by atoms with Crippen molar-refractivity contribution < 1.29 is 13.2 Å². The van der Waals surface area contributed by atoms with Gasteiger partial charge >= 0.3 is 6.18 Å². The third-order valence-electron chi connectivity index (χ3n) is 3.05. The van der Waals surface area contributed by atoms with Crippen LogP contribution in [0.5, 0.6) is 0 Å².